The van der Waals surface area contributed by atoms with Crippen LogP contribution in [-0.4, -0.2) is 0 Å². The van der Waals surface area contributed by atoms with Gasteiger partial charge in [-0.25, -0.2) is 0 Å². The van der Waals surface area contributed by atoms with E-state index in [0.717, 1.165) is 11.1 Å². The van der Waals surface area contributed by atoms with Crippen molar-refractivity contribution in [3.05, 3.63) is 41.5 Å². The zero-order chi connectivity index (χ0) is 8.97. The van der Waals surface area contributed by atoms with Crippen molar-refractivity contribution in [1.82, 2.24) is 0 Å². The highest BCUT2D eigenvalue weighted by Gasteiger charge is 1.97. The minimum atomic E-state index is 0.735. The molecule has 0 fully saturated rings. The number of rotatable bonds is 1. The van der Waals surface area contributed by atoms with Crippen molar-refractivity contribution < 1.29 is 0 Å². The molecule has 0 amide bonds. The summed E-state index contributed by atoms with van der Waals surface area (Å²) in [6, 6.07) is 10.1. The van der Waals surface area contributed by atoms with Crippen LogP contribution in [0.1, 0.15) is 18.1 Å². The SMILES string of the molecule is C/C=C(\C#N)c1cccc(C)c1. The van der Waals surface area contributed by atoms with Crippen molar-refractivity contribution >= 4 is 5.57 Å². The van der Waals surface area contributed by atoms with Gasteiger partial charge >= 0.3 is 0 Å². The molecule has 0 heterocycles. The second kappa shape index (κ2) is 3.73. The van der Waals surface area contributed by atoms with Crippen molar-refractivity contribution in [3.63, 3.8) is 0 Å². The molecule has 1 aromatic carbocycles. The molecule has 0 aliphatic rings. The molecular formula is C11H11N. The predicted molar refractivity (Wildman–Crippen MR) is 50.4 cm³/mol. The standard InChI is InChI=1S/C11H11N/c1-3-10(8-12)11-6-4-5-9(2)7-11/h3-7H,1-2H3/b10-3+. The van der Waals surface area contributed by atoms with Crippen LogP contribution in [0.25, 0.3) is 5.57 Å². The van der Waals surface area contributed by atoms with E-state index >= 15 is 0 Å². The van der Waals surface area contributed by atoms with E-state index in [4.69, 9.17) is 5.26 Å². The van der Waals surface area contributed by atoms with E-state index in [9.17, 15) is 0 Å². The summed E-state index contributed by atoms with van der Waals surface area (Å²) < 4.78 is 0. The molecule has 0 aromatic heterocycles. The third-order valence-electron chi connectivity index (χ3n) is 1.74. The maximum atomic E-state index is 8.75. The van der Waals surface area contributed by atoms with Gasteiger partial charge in [-0.2, -0.15) is 5.26 Å². The Bertz CT molecular complexity index is 342. The quantitative estimate of drug-likeness (QED) is 0.575. The fourth-order valence-corrected chi connectivity index (χ4v) is 1.11. The first-order chi connectivity index (χ1) is 5.77. The molecule has 0 saturated carbocycles. The fraction of sp³-hybridized carbons (Fsp3) is 0.182. The first-order valence-corrected chi connectivity index (χ1v) is 3.91. The molecule has 0 spiro atoms. The lowest BCUT2D eigenvalue weighted by molar-refractivity contribution is 1.44. The summed E-state index contributed by atoms with van der Waals surface area (Å²) in [5, 5.41) is 8.75. The van der Waals surface area contributed by atoms with E-state index in [1.165, 1.54) is 5.56 Å². The number of hydrogen-bond acceptors (Lipinski definition) is 1. The van der Waals surface area contributed by atoms with Crippen molar-refractivity contribution in [3.8, 4) is 6.07 Å². The largest absolute Gasteiger partial charge is 0.192 e. The first kappa shape index (κ1) is 8.55. The lowest BCUT2D eigenvalue weighted by atomic mass is 10.1. The number of benzene rings is 1. The zero-order valence-electron chi connectivity index (χ0n) is 7.33. The third kappa shape index (κ3) is 1.73. The topological polar surface area (TPSA) is 23.8 Å². The van der Waals surface area contributed by atoms with Crippen LogP contribution >= 0.6 is 0 Å². The Hall–Kier alpha value is -1.55. The van der Waals surface area contributed by atoms with Crippen molar-refractivity contribution in [2.75, 3.05) is 0 Å². The van der Waals surface area contributed by atoms with E-state index in [-0.39, 0.29) is 0 Å². The molecule has 1 aromatic rings. The molecule has 0 unspecified atom stereocenters. The molecule has 0 radical (unpaired) electrons. The van der Waals surface area contributed by atoms with Gasteiger partial charge in [0.2, 0.25) is 0 Å². The Morgan fingerprint density at radius 3 is 2.75 bits per heavy atom. The molecule has 0 aliphatic carbocycles. The second-order valence-corrected chi connectivity index (χ2v) is 2.68. The summed E-state index contributed by atoms with van der Waals surface area (Å²) >= 11 is 0. The van der Waals surface area contributed by atoms with Gasteiger partial charge in [0, 0.05) is 0 Å². The minimum absolute atomic E-state index is 0.735. The fourth-order valence-electron chi connectivity index (χ4n) is 1.11. The zero-order valence-corrected chi connectivity index (χ0v) is 7.33. The molecule has 12 heavy (non-hydrogen) atoms. The van der Waals surface area contributed by atoms with Gasteiger partial charge in [-0.3, -0.25) is 0 Å². The van der Waals surface area contributed by atoms with Crippen molar-refractivity contribution in [1.29, 1.82) is 5.26 Å². The molecule has 0 bridgehead atoms. The summed E-state index contributed by atoms with van der Waals surface area (Å²) in [4.78, 5) is 0. The van der Waals surface area contributed by atoms with Crippen LogP contribution in [0.3, 0.4) is 0 Å². The summed E-state index contributed by atoms with van der Waals surface area (Å²) in [5.74, 6) is 0. The van der Waals surface area contributed by atoms with E-state index in [2.05, 4.69) is 6.07 Å². The number of nitrogens with zero attached hydrogens (tertiary/aromatic N) is 1. The molecule has 1 heteroatoms. The van der Waals surface area contributed by atoms with Crippen molar-refractivity contribution in [2.45, 2.75) is 13.8 Å². The summed E-state index contributed by atoms with van der Waals surface area (Å²) in [6.45, 7) is 3.90. The lowest BCUT2D eigenvalue weighted by Gasteiger charge is -1.98. The number of nitriles is 1. The Morgan fingerprint density at radius 2 is 2.25 bits per heavy atom. The highest BCUT2D eigenvalue weighted by molar-refractivity contribution is 5.76. The summed E-state index contributed by atoms with van der Waals surface area (Å²) in [7, 11) is 0. The van der Waals surface area contributed by atoms with Gasteiger partial charge in [0.1, 0.15) is 0 Å². The van der Waals surface area contributed by atoms with Crippen LogP contribution in [0, 0.1) is 18.3 Å². The van der Waals surface area contributed by atoms with Gasteiger partial charge in [-0.05, 0) is 19.4 Å². The Balaban J connectivity index is 3.13. The van der Waals surface area contributed by atoms with Gasteiger partial charge in [0.25, 0.3) is 0 Å². The molecule has 1 nitrogen and oxygen atoms in total. The highest BCUT2D eigenvalue weighted by Crippen LogP contribution is 2.14. The van der Waals surface area contributed by atoms with Crippen LogP contribution in [0.4, 0.5) is 0 Å². The van der Waals surface area contributed by atoms with Gasteiger partial charge < -0.3 is 0 Å². The van der Waals surface area contributed by atoms with Crippen LogP contribution in [0.2, 0.25) is 0 Å². The van der Waals surface area contributed by atoms with Crippen LogP contribution in [0.5, 0.6) is 0 Å². The van der Waals surface area contributed by atoms with E-state index < -0.39 is 0 Å². The molecule has 1 rings (SSSR count). The smallest absolute Gasteiger partial charge is 0.0994 e. The summed E-state index contributed by atoms with van der Waals surface area (Å²) in [6.07, 6.45) is 1.83. The second-order valence-electron chi connectivity index (χ2n) is 2.68. The Labute approximate surface area is 73.0 Å². The van der Waals surface area contributed by atoms with Gasteiger partial charge in [0.15, 0.2) is 0 Å². The lowest BCUT2D eigenvalue weighted by Crippen LogP contribution is -1.81. The molecule has 0 N–H and O–H groups in total. The number of hydrogen-bond donors (Lipinski definition) is 0. The van der Waals surface area contributed by atoms with Gasteiger partial charge in [0.05, 0.1) is 11.6 Å². The van der Waals surface area contributed by atoms with E-state index in [1.54, 1.807) is 0 Å². The summed E-state index contributed by atoms with van der Waals surface area (Å²) in [5.41, 5.74) is 2.92. The molecule has 0 atom stereocenters. The Morgan fingerprint density at radius 1 is 1.50 bits per heavy atom. The normalized spacial score (nSPS) is 10.9. The monoisotopic (exact) mass is 157 g/mol. The molecule has 0 aliphatic heterocycles. The molecule has 0 saturated heterocycles. The first-order valence-electron chi connectivity index (χ1n) is 3.91. The highest BCUT2D eigenvalue weighted by atomic mass is 14.2. The Kier molecular flexibility index (Phi) is 2.66. The predicted octanol–water partition coefficient (Wildman–Crippen LogP) is 2.92. The minimum Gasteiger partial charge on any atom is -0.192 e. The average Bonchev–Trinajstić information content (AvgIpc) is 2.07. The molecular weight excluding hydrogens is 146 g/mol. The van der Waals surface area contributed by atoms with E-state index in [1.807, 2.05) is 44.2 Å². The van der Waals surface area contributed by atoms with Crippen LogP contribution < -0.4 is 0 Å². The van der Waals surface area contributed by atoms with Crippen LogP contribution in [-0.2, 0) is 0 Å². The maximum Gasteiger partial charge on any atom is 0.0994 e. The molecule has 60 valence electrons. The number of allylic oxidation sites excluding steroid dienone is 2. The van der Waals surface area contributed by atoms with Crippen molar-refractivity contribution in [2.24, 2.45) is 0 Å². The van der Waals surface area contributed by atoms with Gasteiger partial charge in [-0.15, -0.1) is 0 Å². The van der Waals surface area contributed by atoms with E-state index in [0.29, 0.717) is 0 Å². The number of aryl methyl sites for hydroxylation is 1. The third-order valence-corrected chi connectivity index (χ3v) is 1.74. The average molecular weight is 157 g/mol. The van der Waals surface area contributed by atoms with Crippen LogP contribution in [0.15, 0.2) is 30.3 Å². The van der Waals surface area contributed by atoms with Gasteiger partial charge in [-0.1, -0.05) is 35.9 Å². The maximum absolute atomic E-state index is 8.75.